The second kappa shape index (κ2) is 8.97. The second-order valence-electron chi connectivity index (χ2n) is 5.76. The fourth-order valence-electron chi connectivity index (χ4n) is 3.07. The lowest BCUT2D eigenvalue weighted by molar-refractivity contribution is 0.416. The number of nitrogens with zero attached hydrogens (tertiary/aromatic N) is 2. The van der Waals surface area contributed by atoms with Crippen LogP contribution in [-0.2, 0) is 12.8 Å². The van der Waals surface area contributed by atoms with Crippen LogP contribution in [0.3, 0.4) is 0 Å². The Hall–Kier alpha value is -2.92. The number of methoxy groups -OCH3 is 1. The minimum atomic E-state index is 0. The molecular weight excluding hydrogens is 324 g/mol. The number of aryl methyl sites for hydroxylation is 1. The van der Waals surface area contributed by atoms with Gasteiger partial charge in [-0.15, -0.1) is 0 Å². The first-order valence-electron chi connectivity index (χ1n) is 8.60. The molecule has 2 aromatic carbocycles. The number of benzene rings is 2. The number of rotatable bonds is 6. The summed E-state index contributed by atoms with van der Waals surface area (Å²) < 4.78 is 5.44. The van der Waals surface area contributed by atoms with E-state index >= 15 is 0 Å². The third-order valence-electron chi connectivity index (χ3n) is 4.32. The highest BCUT2D eigenvalue weighted by atomic mass is 16.5. The first kappa shape index (κ1) is 19.4. The molecule has 0 radical (unpaired) electrons. The van der Waals surface area contributed by atoms with E-state index in [1.165, 1.54) is 11.1 Å². The molecule has 0 atom stereocenters. The third kappa shape index (κ3) is 4.00. The summed E-state index contributed by atoms with van der Waals surface area (Å²) in [5, 5.41) is 3.45. The van der Waals surface area contributed by atoms with E-state index in [2.05, 4.69) is 47.3 Å². The molecule has 0 saturated heterocycles. The van der Waals surface area contributed by atoms with Gasteiger partial charge in [0.05, 0.1) is 12.8 Å². The highest BCUT2D eigenvalue weighted by molar-refractivity contribution is 5.71. The van der Waals surface area contributed by atoms with Crippen LogP contribution in [0, 0.1) is 0 Å². The van der Waals surface area contributed by atoms with Crippen LogP contribution < -0.4 is 16.2 Å². The van der Waals surface area contributed by atoms with Crippen molar-refractivity contribution in [3.8, 4) is 17.0 Å². The van der Waals surface area contributed by atoms with Crippen molar-refractivity contribution in [1.29, 1.82) is 0 Å². The van der Waals surface area contributed by atoms with Gasteiger partial charge < -0.3 is 16.2 Å². The van der Waals surface area contributed by atoms with Crippen LogP contribution in [0.4, 0.5) is 11.5 Å². The number of hydrogen-bond acceptors (Lipinski definition) is 5. The summed E-state index contributed by atoms with van der Waals surface area (Å²) in [7, 11) is 1.67. The summed E-state index contributed by atoms with van der Waals surface area (Å²) >= 11 is 0. The molecule has 0 aliphatic rings. The molecule has 0 spiro atoms. The average molecular weight is 350 g/mol. The first-order valence-corrected chi connectivity index (χ1v) is 8.60. The molecule has 5 nitrogen and oxygen atoms in total. The number of hydrogen-bond donors (Lipinski definition) is 2. The largest absolute Gasteiger partial charge is 0.496 e. The highest BCUT2D eigenvalue weighted by Crippen LogP contribution is 2.30. The van der Waals surface area contributed by atoms with Crippen LogP contribution in [0.1, 0.15) is 25.0 Å². The van der Waals surface area contributed by atoms with Crippen LogP contribution in [0.5, 0.6) is 5.75 Å². The Labute approximate surface area is 155 Å². The molecule has 0 aliphatic heterocycles. The molecule has 1 aromatic heterocycles. The normalized spacial score (nSPS) is 10.1. The molecule has 5 heteroatoms. The second-order valence-corrected chi connectivity index (χ2v) is 5.76. The minimum Gasteiger partial charge on any atom is -0.496 e. The average Bonchev–Trinajstić information content (AvgIpc) is 2.68. The predicted octanol–water partition coefficient (Wildman–Crippen LogP) is 5.18. The van der Waals surface area contributed by atoms with Gasteiger partial charge in [0.1, 0.15) is 17.9 Å². The van der Waals surface area contributed by atoms with Gasteiger partial charge in [-0.05, 0) is 42.2 Å². The summed E-state index contributed by atoms with van der Waals surface area (Å²) in [5.74, 6) is 1.58. The Morgan fingerprint density at radius 2 is 1.77 bits per heavy atom. The predicted molar refractivity (Wildman–Crippen MR) is 108 cm³/mol. The molecule has 0 unspecified atom stereocenters. The number of para-hydroxylation sites is 1. The zero-order valence-electron chi connectivity index (χ0n) is 15.6. The van der Waals surface area contributed by atoms with E-state index in [1.54, 1.807) is 13.4 Å². The molecule has 0 saturated carbocycles. The van der Waals surface area contributed by atoms with E-state index in [0.29, 0.717) is 0 Å². The highest BCUT2D eigenvalue weighted by Gasteiger charge is 2.10. The summed E-state index contributed by atoms with van der Waals surface area (Å²) in [4.78, 5) is 8.79. The Balaban J connectivity index is 0.00000243. The van der Waals surface area contributed by atoms with Crippen LogP contribution >= 0.6 is 0 Å². The van der Waals surface area contributed by atoms with Gasteiger partial charge in [-0.1, -0.05) is 38.1 Å². The number of ether oxygens (including phenoxy) is 1. The third-order valence-corrected chi connectivity index (χ3v) is 4.32. The van der Waals surface area contributed by atoms with E-state index in [9.17, 15) is 0 Å². The van der Waals surface area contributed by atoms with Gasteiger partial charge in [0, 0.05) is 17.3 Å². The molecule has 0 amide bonds. The molecule has 26 heavy (non-hydrogen) atoms. The minimum absolute atomic E-state index is 0. The number of nitrogens with one attached hydrogen (secondary N) is 1. The van der Waals surface area contributed by atoms with Crippen molar-refractivity contribution in [2.75, 3.05) is 12.4 Å². The van der Waals surface area contributed by atoms with Gasteiger partial charge in [-0.25, -0.2) is 9.97 Å². The van der Waals surface area contributed by atoms with Gasteiger partial charge >= 0.3 is 0 Å². The lowest BCUT2D eigenvalue weighted by Crippen LogP contribution is -2.01. The molecule has 0 aliphatic carbocycles. The zero-order chi connectivity index (χ0) is 17.6. The van der Waals surface area contributed by atoms with Gasteiger partial charge in [-0.2, -0.15) is 0 Å². The van der Waals surface area contributed by atoms with Crippen molar-refractivity contribution in [2.24, 2.45) is 0 Å². The number of aromatic nitrogens is 2. The maximum Gasteiger partial charge on any atom is 0.134 e. The van der Waals surface area contributed by atoms with Crippen LogP contribution in [0.25, 0.3) is 11.3 Å². The Morgan fingerprint density at radius 3 is 2.50 bits per heavy atom. The van der Waals surface area contributed by atoms with E-state index in [4.69, 9.17) is 4.74 Å². The van der Waals surface area contributed by atoms with Crippen LogP contribution in [0.15, 0.2) is 54.9 Å². The van der Waals surface area contributed by atoms with Crippen molar-refractivity contribution in [3.63, 3.8) is 0 Å². The molecule has 0 bridgehead atoms. The monoisotopic (exact) mass is 350 g/mol. The Bertz CT molecular complexity index is 864. The topological polar surface area (TPSA) is 82.0 Å². The van der Waals surface area contributed by atoms with Gasteiger partial charge in [0.2, 0.25) is 0 Å². The summed E-state index contributed by atoms with van der Waals surface area (Å²) in [5.41, 5.74) is 5.59. The maximum atomic E-state index is 5.44. The van der Waals surface area contributed by atoms with Crippen LogP contribution in [0.2, 0.25) is 0 Å². The fourth-order valence-corrected chi connectivity index (χ4v) is 3.07. The first-order chi connectivity index (χ1) is 12.3. The molecule has 1 heterocycles. The van der Waals surface area contributed by atoms with E-state index in [1.807, 2.05) is 30.3 Å². The molecule has 3 rings (SSSR count). The summed E-state index contributed by atoms with van der Waals surface area (Å²) in [6.45, 7) is 4.36. The quantitative estimate of drug-likeness (QED) is 0.640. The lowest BCUT2D eigenvalue weighted by atomic mass is 10.0. The summed E-state index contributed by atoms with van der Waals surface area (Å²) in [6, 6.07) is 16.2. The SMILES string of the molecule is CCc1cccc(Nc2cc(-c3ccccc3OC)ncn2)c1CC.N. The van der Waals surface area contributed by atoms with Crippen molar-refractivity contribution < 1.29 is 4.74 Å². The number of anilines is 2. The lowest BCUT2D eigenvalue weighted by Gasteiger charge is -2.14. The Morgan fingerprint density at radius 1 is 0.962 bits per heavy atom. The van der Waals surface area contributed by atoms with E-state index in [0.717, 1.165) is 41.4 Å². The Kier molecular flexibility index (Phi) is 6.69. The molecular formula is C21H26N4O. The molecule has 136 valence electrons. The fraction of sp³-hybridized carbons (Fsp3) is 0.238. The molecule has 3 aromatic rings. The smallest absolute Gasteiger partial charge is 0.134 e. The maximum absolute atomic E-state index is 5.44. The van der Waals surface area contributed by atoms with E-state index < -0.39 is 0 Å². The molecule has 0 fully saturated rings. The summed E-state index contributed by atoms with van der Waals surface area (Å²) in [6.07, 6.45) is 3.59. The van der Waals surface area contributed by atoms with Gasteiger partial charge in [0.25, 0.3) is 0 Å². The zero-order valence-corrected chi connectivity index (χ0v) is 15.6. The van der Waals surface area contributed by atoms with Gasteiger partial charge in [-0.3, -0.25) is 0 Å². The van der Waals surface area contributed by atoms with E-state index in [-0.39, 0.29) is 6.15 Å². The van der Waals surface area contributed by atoms with Gasteiger partial charge in [0.15, 0.2) is 0 Å². The van der Waals surface area contributed by atoms with Crippen molar-refractivity contribution in [2.45, 2.75) is 26.7 Å². The standard InChI is InChI=1S/C21H23N3O.H3N/c1-4-15-9-8-11-18(16(15)5-2)24-21-13-19(22-14-23-21)17-10-6-7-12-20(17)25-3;/h6-14H,4-5H2,1-3H3,(H,22,23,24);1H3. The molecule has 4 N–H and O–H groups in total. The van der Waals surface area contributed by atoms with Crippen molar-refractivity contribution in [3.05, 3.63) is 66.0 Å². The van der Waals surface area contributed by atoms with Crippen molar-refractivity contribution >= 4 is 11.5 Å². The van der Waals surface area contributed by atoms with Crippen molar-refractivity contribution in [1.82, 2.24) is 16.1 Å². The van der Waals surface area contributed by atoms with Crippen LogP contribution in [-0.4, -0.2) is 17.1 Å².